The molecule has 0 aromatic carbocycles. The summed E-state index contributed by atoms with van der Waals surface area (Å²) in [5.74, 6) is -0.501. The van der Waals surface area contributed by atoms with Crippen molar-refractivity contribution >= 4 is 11.9 Å². The summed E-state index contributed by atoms with van der Waals surface area (Å²) in [6, 6.07) is 0. The lowest BCUT2D eigenvalue weighted by Gasteiger charge is -2.24. The number of rotatable bonds is 2. The minimum absolute atomic E-state index is 0.163. The van der Waals surface area contributed by atoms with Crippen molar-refractivity contribution in [2.45, 2.75) is 31.8 Å². The fourth-order valence-electron chi connectivity index (χ4n) is 2.15. The molecule has 1 aliphatic heterocycles. The van der Waals surface area contributed by atoms with Crippen molar-refractivity contribution in [1.82, 2.24) is 0 Å². The zero-order chi connectivity index (χ0) is 13.0. The van der Waals surface area contributed by atoms with Crippen LogP contribution in [0.1, 0.15) is 25.7 Å². The summed E-state index contributed by atoms with van der Waals surface area (Å²) in [5.41, 5.74) is 1.53. The van der Waals surface area contributed by atoms with Crippen LogP contribution in [0.25, 0.3) is 0 Å². The van der Waals surface area contributed by atoms with Crippen molar-refractivity contribution in [2.24, 2.45) is 0 Å². The van der Waals surface area contributed by atoms with E-state index in [1.807, 2.05) is 12.2 Å². The van der Waals surface area contributed by atoms with Crippen LogP contribution in [0.15, 0.2) is 35.5 Å². The van der Waals surface area contributed by atoms with Crippen molar-refractivity contribution in [3.8, 4) is 0 Å². The Kier molecular flexibility index (Phi) is 3.97. The molecule has 0 spiro atoms. The molecule has 0 aromatic heterocycles. The topological polar surface area (TPSA) is 52.6 Å². The molecule has 2 rings (SSSR count). The minimum atomic E-state index is -0.338. The number of hydrogen-bond acceptors (Lipinski definition) is 4. The number of carbonyl (C=O) groups excluding carboxylic acids is 2. The van der Waals surface area contributed by atoms with Crippen LogP contribution in [0.5, 0.6) is 0 Å². The largest absolute Gasteiger partial charge is 0.466 e. The van der Waals surface area contributed by atoms with Crippen molar-refractivity contribution < 1.29 is 19.1 Å². The average molecular weight is 248 g/mol. The zero-order valence-electron chi connectivity index (χ0n) is 10.3. The number of allylic oxidation sites excluding steroid dienone is 4. The smallest absolute Gasteiger partial charge is 0.334 e. The summed E-state index contributed by atoms with van der Waals surface area (Å²) >= 11 is 0. The summed E-state index contributed by atoms with van der Waals surface area (Å²) in [6.07, 6.45) is 9.70. The molecule has 0 radical (unpaired) electrons. The van der Waals surface area contributed by atoms with E-state index >= 15 is 0 Å². The summed E-state index contributed by atoms with van der Waals surface area (Å²) in [4.78, 5) is 22.9. The van der Waals surface area contributed by atoms with Gasteiger partial charge in [0.15, 0.2) is 0 Å². The number of esters is 2. The summed E-state index contributed by atoms with van der Waals surface area (Å²) in [5, 5.41) is 0. The lowest BCUT2D eigenvalue weighted by molar-refractivity contribution is -0.151. The molecular formula is C14H16O4. The third-order valence-electron chi connectivity index (χ3n) is 3.10. The van der Waals surface area contributed by atoms with Crippen molar-refractivity contribution in [3.05, 3.63) is 35.5 Å². The van der Waals surface area contributed by atoms with Gasteiger partial charge < -0.3 is 9.47 Å². The van der Waals surface area contributed by atoms with Gasteiger partial charge in [0.05, 0.1) is 7.11 Å². The maximum absolute atomic E-state index is 11.6. The Hall–Kier alpha value is -1.84. The molecule has 1 saturated heterocycles. The Morgan fingerprint density at radius 2 is 2.17 bits per heavy atom. The fraction of sp³-hybridized carbons (Fsp3) is 0.429. The average Bonchev–Trinajstić information content (AvgIpc) is 2.63. The van der Waals surface area contributed by atoms with Crippen LogP contribution in [0.3, 0.4) is 0 Å². The van der Waals surface area contributed by atoms with Crippen LogP contribution in [0, 0.1) is 0 Å². The first-order valence-electron chi connectivity index (χ1n) is 6.05. The van der Waals surface area contributed by atoms with E-state index in [4.69, 9.17) is 9.47 Å². The van der Waals surface area contributed by atoms with Crippen LogP contribution >= 0.6 is 0 Å². The molecule has 1 atom stereocenters. The molecule has 1 fully saturated rings. The molecule has 0 aromatic rings. The zero-order valence-corrected chi connectivity index (χ0v) is 10.3. The first-order valence-corrected chi connectivity index (χ1v) is 6.05. The summed E-state index contributed by atoms with van der Waals surface area (Å²) < 4.78 is 10.0. The molecule has 0 unspecified atom stereocenters. The molecule has 0 amide bonds. The van der Waals surface area contributed by atoms with Crippen LogP contribution in [0.4, 0.5) is 0 Å². The quantitative estimate of drug-likeness (QED) is 0.702. The number of methoxy groups -OCH3 is 1. The number of ether oxygens (including phenoxy) is 2. The predicted octanol–water partition coefficient (Wildman–Crippen LogP) is 2.07. The second-order valence-corrected chi connectivity index (χ2v) is 4.36. The van der Waals surface area contributed by atoms with Gasteiger partial charge in [0.1, 0.15) is 6.10 Å². The van der Waals surface area contributed by atoms with Gasteiger partial charge in [0.25, 0.3) is 0 Å². The molecule has 4 nitrogen and oxygen atoms in total. The van der Waals surface area contributed by atoms with E-state index in [2.05, 4.69) is 0 Å². The van der Waals surface area contributed by atoms with E-state index < -0.39 is 0 Å². The van der Waals surface area contributed by atoms with Gasteiger partial charge in [-0.05, 0) is 18.4 Å². The van der Waals surface area contributed by atoms with Crippen LogP contribution in [-0.2, 0) is 19.1 Å². The Morgan fingerprint density at radius 1 is 1.39 bits per heavy atom. The van der Waals surface area contributed by atoms with E-state index in [-0.39, 0.29) is 18.0 Å². The molecule has 0 N–H and O–H groups in total. The highest BCUT2D eigenvalue weighted by Crippen LogP contribution is 2.27. The molecule has 1 aliphatic carbocycles. The summed E-state index contributed by atoms with van der Waals surface area (Å²) in [7, 11) is 1.36. The van der Waals surface area contributed by atoms with E-state index in [0.29, 0.717) is 18.4 Å². The Balaban J connectivity index is 2.12. The van der Waals surface area contributed by atoms with E-state index in [9.17, 15) is 9.59 Å². The van der Waals surface area contributed by atoms with E-state index in [1.165, 1.54) is 7.11 Å². The van der Waals surface area contributed by atoms with E-state index in [0.717, 1.165) is 18.4 Å². The predicted molar refractivity (Wildman–Crippen MR) is 65.7 cm³/mol. The van der Waals surface area contributed by atoms with Crippen LogP contribution < -0.4 is 0 Å². The molecular weight excluding hydrogens is 232 g/mol. The minimum Gasteiger partial charge on any atom is -0.466 e. The molecule has 1 heterocycles. The maximum Gasteiger partial charge on any atom is 0.334 e. The molecule has 4 heteroatoms. The molecule has 18 heavy (non-hydrogen) atoms. The lowest BCUT2D eigenvalue weighted by Crippen LogP contribution is -2.26. The van der Waals surface area contributed by atoms with E-state index in [1.54, 1.807) is 12.2 Å². The molecule has 96 valence electrons. The Morgan fingerprint density at radius 3 is 2.89 bits per heavy atom. The molecule has 0 bridgehead atoms. The maximum atomic E-state index is 11.6. The van der Waals surface area contributed by atoms with Crippen molar-refractivity contribution in [3.63, 3.8) is 0 Å². The lowest BCUT2D eigenvalue weighted by atomic mass is 9.95. The second-order valence-electron chi connectivity index (χ2n) is 4.36. The first-order chi connectivity index (χ1) is 8.70. The first kappa shape index (κ1) is 12.6. The van der Waals surface area contributed by atoms with Gasteiger partial charge in [-0.15, -0.1) is 0 Å². The Labute approximate surface area is 106 Å². The number of carbonyl (C=O) groups is 2. The summed E-state index contributed by atoms with van der Waals surface area (Å²) in [6.45, 7) is 0. The molecule has 0 saturated carbocycles. The van der Waals surface area contributed by atoms with Gasteiger partial charge in [-0.3, -0.25) is 4.79 Å². The normalized spacial score (nSPS) is 23.6. The highest BCUT2D eigenvalue weighted by atomic mass is 16.5. The van der Waals surface area contributed by atoms with Gasteiger partial charge >= 0.3 is 11.9 Å². The SMILES string of the molecule is COC(=O)C1=CC=CC=C([C@@H]2CCCC(=O)O2)C1. The van der Waals surface area contributed by atoms with Gasteiger partial charge in [0, 0.05) is 18.4 Å². The molecule has 2 aliphatic rings. The van der Waals surface area contributed by atoms with Crippen molar-refractivity contribution in [1.29, 1.82) is 0 Å². The third-order valence-corrected chi connectivity index (χ3v) is 3.10. The van der Waals surface area contributed by atoms with Crippen LogP contribution in [0.2, 0.25) is 0 Å². The third kappa shape index (κ3) is 2.88. The fourth-order valence-corrected chi connectivity index (χ4v) is 2.15. The van der Waals surface area contributed by atoms with Crippen LogP contribution in [-0.4, -0.2) is 25.2 Å². The van der Waals surface area contributed by atoms with Crippen molar-refractivity contribution in [2.75, 3.05) is 7.11 Å². The van der Waals surface area contributed by atoms with Gasteiger partial charge in [-0.25, -0.2) is 4.79 Å². The Bertz CT molecular complexity index is 443. The monoisotopic (exact) mass is 248 g/mol. The van der Waals surface area contributed by atoms with Gasteiger partial charge in [-0.1, -0.05) is 24.3 Å². The number of cyclic esters (lactones) is 1. The number of hydrogen-bond donors (Lipinski definition) is 0. The highest BCUT2D eigenvalue weighted by Gasteiger charge is 2.25. The standard InChI is InChI=1S/C14H16O4/c1-17-14(16)11-6-3-2-5-10(9-11)12-7-4-8-13(15)18-12/h2-3,5-6,12H,4,7-9H2,1H3/t12-/m0/s1. The van der Waals surface area contributed by atoms with Gasteiger partial charge in [-0.2, -0.15) is 0 Å². The second kappa shape index (κ2) is 5.67. The highest BCUT2D eigenvalue weighted by molar-refractivity contribution is 5.89. The van der Waals surface area contributed by atoms with Gasteiger partial charge in [0.2, 0.25) is 0 Å².